The Labute approximate surface area is 206 Å². The fraction of sp³-hybridized carbons (Fsp3) is 0.200. The molecule has 2 aromatic carbocycles. The van der Waals surface area contributed by atoms with E-state index < -0.39 is 17.8 Å². The number of carbonyl (C=O) groups is 4. The fourth-order valence-corrected chi connectivity index (χ4v) is 4.43. The molecule has 0 aliphatic carbocycles. The van der Waals surface area contributed by atoms with Crippen molar-refractivity contribution in [3.8, 4) is 5.75 Å². The number of benzene rings is 2. The SMILES string of the molecule is COC(=O)c1ccccc1NC(=O)c1sc(NC(=O)Cc2ccc(OC)cc2)c(C(=O)OC)c1C. The van der Waals surface area contributed by atoms with E-state index in [9.17, 15) is 19.2 Å². The van der Waals surface area contributed by atoms with Gasteiger partial charge in [-0.2, -0.15) is 0 Å². The predicted molar refractivity (Wildman–Crippen MR) is 131 cm³/mol. The molecule has 1 heterocycles. The van der Waals surface area contributed by atoms with E-state index in [0.29, 0.717) is 11.3 Å². The van der Waals surface area contributed by atoms with Gasteiger partial charge in [-0.1, -0.05) is 24.3 Å². The number of amides is 2. The second-order valence-corrected chi connectivity index (χ2v) is 8.34. The third-order valence-corrected chi connectivity index (χ3v) is 6.31. The molecule has 3 rings (SSSR count). The van der Waals surface area contributed by atoms with E-state index in [0.717, 1.165) is 16.9 Å². The van der Waals surface area contributed by atoms with E-state index in [1.807, 2.05) is 0 Å². The number of thiophene rings is 1. The number of esters is 2. The van der Waals surface area contributed by atoms with Crippen molar-refractivity contribution in [1.82, 2.24) is 0 Å². The molecule has 0 radical (unpaired) electrons. The lowest BCUT2D eigenvalue weighted by molar-refractivity contribution is -0.115. The maximum Gasteiger partial charge on any atom is 0.341 e. The van der Waals surface area contributed by atoms with Crippen molar-refractivity contribution in [3.63, 3.8) is 0 Å². The lowest BCUT2D eigenvalue weighted by Crippen LogP contribution is -2.16. The van der Waals surface area contributed by atoms with Crippen LogP contribution in [-0.4, -0.2) is 45.1 Å². The van der Waals surface area contributed by atoms with E-state index in [1.54, 1.807) is 56.5 Å². The summed E-state index contributed by atoms with van der Waals surface area (Å²) in [5, 5.41) is 5.59. The topological polar surface area (TPSA) is 120 Å². The van der Waals surface area contributed by atoms with Gasteiger partial charge in [0.05, 0.1) is 49.4 Å². The van der Waals surface area contributed by atoms with Crippen LogP contribution in [0.15, 0.2) is 48.5 Å². The number of hydrogen-bond acceptors (Lipinski definition) is 8. The summed E-state index contributed by atoms with van der Waals surface area (Å²) in [7, 11) is 4.01. The minimum atomic E-state index is -0.687. The van der Waals surface area contributed by atoms with Crippen molar-refractivity contribution in [1.29, 1.82) is 0 Å². The van der Waals surface area contributed by atoms with Crippen molar-refractivity contribution in [3.05, 3.63) is 75.7 Å². The van der Waals surface area contributed by atoms with Gasteiger partial charge >= 0.3 is 11.9 Å². The monoisotopic (exact) mass is 496 g/mol. The third-order valence-electron chi connectivity index (χ3n) is 5.10. The molecule has 182 valence electrons. The molecule has 0 bridgehead atoms. The molecule has 0 saturated carbocycles. The number of anilines is 2. The van der Waals surface area contributed by atoms with E-state index in [2.05, 4.69) is 10.6 Å². The average Bonchev–Trinajstić information content (AvgIpc) is 3.19. The number of rotatable bonds is 8. The van der Waals surface area contributed by atoms with Crippen LogP contribution in [-0.2, 0) is 20.7 Å². The van der Waals surface area contributed by atoms with Crippen LogP contribution in [0.1, 0.15) is 41.5 Å². The Hall–Kier alpha value is -4.18. The van der Waals surface area contributed by atoms with Crippen molar-refractivity contribution >= 4 is 45.8 Å². The smallest absolute Gasteiger partial charge is 0.341 e. The van der Waals surface area contributed by atoms with Gasteiger partial charge in [0.2, 0.25) is 5.91 Å². The molecule has 2 N–H and O–H groups in total. The highest BCUT2D eigenvalue weighted by Crippen LogP contribution is 2.34. The minimum absolute atomic E-state index is 0.0512. The molecule has 0 fully saturated rings. The Balaban J connectivity index is 1.87. The number of nitrogens with one attached hydrogen (secondary N) is 2. The molecular formula is C25H24N2O7S. The molecular weight excluding hydrogens is 472 g/mol. The van der Waals surface area contributed by atoms with Crippen LogP contribution in [0, 0.1) is 6.92 Å². The lowest BCUT2D eigenvalue weighted by Gasteiger charge is -2.09. The molecule has 0 aliphatic heterocycles. The van der Waals surface area contributed by atoms with Gasteiger partial charge in [-0.15, -0.1) is 11.3 Å². The first kappa shape index (κ1) is 25.4. The summed E-state index contributed by atoms with van der Waals surface area (Å²) in [6.45, 7) is 1.59. The number of hydrogen-bond donors (Lipinski definition) is 2. The molecule has 10 heteroatoms. The largest absolute Gasteiger partial charge is 0.497 e. The summed E-state index contributed by atoms with van der Waals surface area (Å²) in [6, 6.07) is 13.4. The zero-order chi connectivity index (χ0) is 25.5. The van der Waals surface area contributed by atoms with Crippen LogP contribution in [0.2, 0.25) is 0 Å². The number of ether oxygens (including phenoxy) is 3. The van der Waals surface area contributed by atoms with Crippen molar-refractivity contribution in [2.24, 2.45) is 0 Å². The maximum absolute atomic E-state index is 13.1. The first-order chi connectivity index (χ1) is 16.8. The molecule has 35 heavy (non-hydrogen) atoms. The summed E-state index contributed by atoms with van der Waals surface area (Å²) in [4.78, 5) is 50.5. The van der Waals surface area contributed by atoms with Crippen molar-refractivity contribution < 1.29 is 33.4 Å². The number of methoxy groups -OCH3 is 3. The molecule has 0 aliphatic rings. The molecule has 9 nitrogen and oxygen atoms in total. The van der Waals surface area contributed by atoms with Crippen molar-refractivity contribution in [2.45, 2.75) is 13.3 Å². The first-order valence-corrected chi connectivity index (χ1v) is 11.2. The number of carbonyl (C=O) groups excluding carboxylic acids is 4. The zero-order valence-corrected chi connectivity index (χ0v) is 20.4. The summed E-state index contributed by atoms with van der Waals surface area (Å²) in [6.07, 6.45) is 0.0512. The highest BCUT2D eigenvalue weighted by atomic mass is 32.1. The van der Waals surface area contributed by atoms with Gasteiger partial charge in [0.25, 0.3) is 5.91 Å². The fourth-order valence-electron chi connectivity index (χ4n) is 3.32. The Kier molecular flexibility index (Phi) is 8.21. The van der Waals surface area contributed by atoms with Crippen LogP contribution < -0.4 is 15.4 Å². The first-order valence-electron chi connectivity index (χ1n) is 10.4. The van der Waals surface area contributed by atoms with E-state index in [1.165, 1.54) is 20.3 Å². The lowest BCUT2D eigenvalue weighted by atomic mass is 10.1. The van der Waals surface area contributed by atoms with Crippen LogP contribution in [0.5, 0.6) is 5.75 Å². The standard InChI is InChI=1S/C25H24N2O7S/c1-14-20(25(31)34-4)23(27-19(28)13-15-9-11-16(32-2)12-10-15)35-21(14)22(29)26-18-8-6-5-7-17(18)24(30)33-3/h5-12H,13H2,1-4H3,(H,26,29)(H,27,28). The van der Waals surface area contributed by atoms with Crippen molar-refractivity contribution in [2.75, 3.05) is 32.0 Å². The van der Waals surface area contributed by atoms with Gasteiger partial charge in [0.1, 0.15) is 10.8 Å². The summed E-state index contributed by atoms with van der Waals surface area (Å²) in [5.74, 6) is -1.55. The minimum Gasteiger partial charge on any atom is -0.497 e. The summed E-state index contributed by atoms with van der Waals surface area (Å²) < 4.78 is 14.7. The molecule has 1 aromatic heterocycles. The summed E-state index contributed by atoms with van der Waals surface area (Å²) >= 11 is 0.941. The Bertz CT molecular complexity index is 1270. The molecule has 0 saturated heterocycles. The highest BCUT2D eigenvalue weighted by molar-refractivity contribution is 7.19. The van der Waals surface area contributed by atoms with Crippen LogP contribution in [0.3, 0.4) is 0 Å². The Morgan fingerprint density at radius 1 is 0.857 bits per heavy atom. The van der Waals surface area contributed by atoms with E-state index in [4.69, 9.17) is 14.2 Å². The molecule has 0 atom stereocenters. The molecule has 2 amide bonds. The predicted octanol–water partition coefficient (Wildman–Crippen LogP) is 4.07. The number of para-hydroxylation sites is 1. The van der Waals surface area contributed by atoms with Gasteiger partial charge < -0.3 is 24.8 Å². The van der Waals surface area contributed by atoms with E-state index in [-0.39, 0.29) is 39.0 Å². The second kappa shape index (κ2) is 11.3. The van der Waals surface area contributed by atoms with E-state index >= 15 is 0 Å². The highest BCUT2D eigenvalue weighted by Gasteiger charge is 2.27. The maximum atomic E-state index is 13.1. The van der Waals surface area contributed by atoms with Gasteiger partial charge in [-0.05, 0) is 42.3 Å². The third kappa shape index (κ3) is 5.85. The quantitative estimate of drug-likeness (QED) is 0.451. The van der Waals surface area contributed by atoms with Gasteiger partial charge in [-0.3, -0.25) is 9.59 Å². The zero-order valence-electron chi connectivity index (χ0n) is 19.6. The van der Waals surface area contributed by atoms with Crippen LogP contribution >= 0.6 is 11.3 Å². The second-order valence-electron chi connectivity index (χ2n) is 7.32. The van der Waals surface area contributed by atoms with Crippen LogP contribution in [0.4, 0.5) is 10.7 Å². The van der Waals surface area contributed by atoms with Gasteiger partial charge in [0, 0.05) is 0 Å². The van der Waals surface area contributed by atoms with Crippen LogP contribution in [0.25, 0.3) is 0 Å². The molecule has 0 unspecified atom stereocenters. The Morgan fingerprint density at radius 2 is 1.51 bits per heavy atom. The van der Waals surface area contributed by atoms with Gasteiger partial charge in [0.15, 0.2) is 0 Å². The van der Waals surface area contributed by atoms with Gasteiger partial charge in [-0.25, -0.2) is 9.59 Å². The molecule has 0 spiro atoms. The molecule has 3 aromatic rings. The Morgan fingerprint density at radius 3 is 2.14 bits per heavy atom. The average molecular weight is 497 g/mol. The summed E-state index contributed by atoms with van der Waals surface area (Å²) in [5.41, 5.74) is 1.61. The normalized spacial score (nSPS) is 10.3.